The van der Waals surface area contributed by atoms with Gasteiger partial charge in [0.15, 0.2) is 0 Å². The summed E-state index contributed by atoms with van der Waals surface area (Å²) in [6.07, 6.45) is 2.54. The fourth-order valence-electron chi connectivity index (χ4n) is 0.951. The molecule has 1 rings (SSSR count). The Balaban J connectivity index is 2.86. The van der Waals surface area contributed by atoms with Crippen molar-refractivity contribution in [2.45, 2.75) is 0 Å². The Morgan fingerprint density at radius 3 is 2.13 bits per heavy atom. The molecule has 0 amide bonds. The van der Waals surface area contributed by atoms with Crippen LogP contribution in [0.2, 0.25) is 0 Å². The van der Waals surface area contributed by atoms with E-state index in [1.54, 1.807) is 24.3 Å². The van der Waals surface area contributed by atoms with Crippen molar-refractivity contribution in [3.63, 3.8) is 0 Å². The third-order valence-electron chi connectivity index (χ3n) is 1.66. The summed E-state index contributed by atoms with van der Waals surface area (Å²) < 4.78 is 0.729. The van der Waals surface area contributed by atoms with Crippen LogP contribution in [0.4, 0.5) is 0 Å². The van der Waals surface area contributed by atoms with Crippen molar-refractivity contribution >= 4 is 56.9 Å². The molecule has 0 saturated carbocycles. The van der Waals surface area contributed by atoms with Crippen LogP contribution in [0.25, 0.3) is 6.08 Å². The molecule has 0 aromatic heterocycles. The van der Waals surface area contributed by atoms with Crippen LogP contribution in [-0.4, -0.2) is 21.6 Å². The van der Waals surface area contributed by atoms with Crippen molar-refractivity contribution in [1.82, 2.24) is 0 Å². The molecule has 6 heteroatoms. The molecule has 0 radical (unpaired) electrons. The van der Waals surface area contributed by atoms with Crippen LogP contribution in [0, 0.1) is 0 Å². The molecule has 2 nitrogen and oxygen atoms in total. The van der Waals surface area contributed by atoms with Crippen molar-refractivity contribution in [3.8, 4) is 0 Å². The second kappa shape index (κ2) is 5.26. The van der Waals surface area contributed by atoms with E-state index in [2.05, 4.69) is 0 Å². The molecule has 1 aromatic carbocycles. The summed E-state index contributed by atoms with van der Waals surface area (Å²) in [5.41, 5.74) is 0.762. The van der Waals surface area contributed by atoms with E-state index in [0.29, 0.717) is 0 Å². The number of benzene rings is 1. The first kappa shape index (κ1) is 12.9. The molecule has 0 saturated heterocycles. The first-order chi connectivity index (χ1) is 6.89. The summed E-state index contributed by atoms with van der Waals surface area (Å²) in [5, 5.41) is 8.42. The van der Waals surface area contributed by atoms with Gasteiger partial charge in [-0.2, -0.15) is 0 Å². The minimum atomic E-state index is -3.31. The van der Waals surface area contributed by atoms with Gasteiger partial charge in [-0.25, -0.2) is 0 Å². The number of carbonyl (C=O) groups is 1. The third-order valence-corrected chi connectivity index (χ3v) is 7.13. The average molecular weight is 326 g/mol. The fraction of sp³-hybridized carbons (Fsp3) is 0. The molecule has 0 aliphatic rings. The number of aliphatic carboxylic acids is 1. The molecule has 1 aromatic rings. The van der Waals surface area contributed by atoms with Crippen molar-refractivity contribution in [1.29, 1.82) is 0 Å². The van der Waals surface area contributed by atoms with E-state index >= 15 is 0 Å². The van der Waals surface area contributed by atoms with Gasteiger partial charge in [-0.15, -0.1) is 0 Å². The zero-order valence-electron chi connectivity index (χ0n) is 7.45. The van der Waals surface area contributed by atoms with Gasteiger partial charge in [-0.1, -0.05) is 0 Å². The summed E-state index contributed by atoms with van der Waals surface area (Å²) in [6, 6.07) is 6.88. The van der Waals surface area contributed by atoms with Crippen LogP contribution in [0.5, 0.6) is 0 Å². The van der Waals surface area contributed by atoms with Crippen molar-refractivity contribution in [2.24, 2.45) is 0 Å². The van der Waals surface area contributed by atoms with Crippen LogP contribution in [0.3, 0.4) is 0 Å². The van der Waals surface area contributed by atoms with Gasteiger partial charge in [0, 0.05) is 0 Å². The minimum absolute atomic E-state index is 0.729. The summed E-state index contributed by atoms with van der Waals surface area (Å²) in [7, 11) is 14.2. The molecule has 0 atom stereocenters. The maximum absolute atomic E-state index is 10.3. The molecule has 0 aliphatic carbocycles. The molecule has 15 heavy (non-hydrogen) atoms. The number of carboxylic acids is 1. The fourth-order valence-corrected chi connectivity index (χ4v) is 4.06. The van der Waals surface area contributed by atoms with Crippen LogP contribution >= 0.6 is 30.0 Å². The van der Waals surface area contributed by atoms with Gasteiger partial charge in [0.25, 0.3) is 0 Å². The molecule has 0 fully saturated rings. The van der Waals surface area contributed by atoms with Gasteiger partial charge < -0.3 is 0 Å². The van der Waals surface area contributed by atoms with Crippen LogP contribution in [0.15, 0.2) is 30.3 Å². The summed E-state index contributed by atoms with van der Waals surface area (Å²) >= 11 is 0. The molecular weight excluding hydrogens is 319 g/mol. The Morgan fingerprint density at radius 2 is 1.73 bits per heavy atom. The van der Waals surface area contributed by atoms with Gasteiger partial charge in [0.1, 0.15) is 0 Å². The number of halogens is 3. The SMILES string of the molecule is O=C(O)C=Cc1cc[c]([Ge]([Cl])([Cl])[Cl])cc1. The van der Waals surface area contributed by atoms with Crippen molar-refractivity contribution < 1.29 is 9.90 Å². The molecule has 0 unspecified atom stereocenters. The second-order valence-corrected chi connectivity index (χ2v) is 17.9. The maximum atomic E-state index is 10.3. The van der Waals surface area contributed by atoms with E-state index in [9.17, 15) is 4.79 Å². The average Bonchev–Trinajstić information content (AvgIpc) is 2.14. The molecule has 0 heterocycles. The van der Waals surface area contributed by atoms with E-state index in [-0.39, 0.29) is 0 Å². The van der Waals surface area contributed by atoms with E-state index in [1.165, 1.54) is 6.08 Å². The Bertz CT molecular complexity index is 381. The van der Waals surface area contributed by atoms with Crippen molar-refractivity contribution in [2.75, 3.05) is 0 Å². The van der Waals surface area contributed by atoms with Crippen LogP contribution in [-0.2, 0) is 4.79 Å². The topological polar surface area (TPSA) is 37.3 Å². The normalized spacial score (nSPS) is 11.9. The van der Waals surface area contributed by atoms with Crippen LogP contribution < -0.4 is 4.40 Å². The molecule has 0 aliphatic heterocycles. The van der Waals surface area contributed by atoms with Crippen LogP contribution in [0.1, 0.15) is 5.56 Å². The monoisotopic (exact) mass is 326 g/mol. The number of hydrogen-bond donors (Lipinski definition) is 1. The van der Waals surface area contributed by atoms with Gasteiger partial charge in [0.2, 0.25) is 0 Å². The molecule has 80 valence electrons. The Kier molecular flexibility index (Phi) is 4.52. The summed E-state index contributed by atoms with van der Waals surface area (Å²) in [4.78, 5) is 10.3. The Labute approximate surface area is 102 Å². The van der Waals surface area contributed by atoms with Gasteiger partial charge in [-0.05, 0) is 0 Å². The molecule has 1 N–H and O–H groups in total. The zero-order valence-corrected chi connectivity index (χ0v) is 11.8. The zero-order chi connectivity index (χ0) is 11.5. The van der Waals surface area contributed by atoms with Gasteiger partial charge >= 0.3 is 103 Å². The van der Waals surface area contributed by atoms with E-state index < -0.39 is 16.4 Å². The quantitative estimate of drug-likeness (QED) is 0.685. The molecule has 0 spiro atoms. The first-order valence-corrected chi connectivity index (χ1v) is 13.3. The van der Waals surface area contributed by atoms with E-state index in [4.69, 9.17) is 35.1 Å². The molecular formula is C9H7Cl3GeO2. The van der Waals surface area contributed by atoms with E-state index in [0.717, 1.165) is 16.0 Å². The van der Waals surface area contributed by atoms with Crippen molar-refractivity contribution in [3.05, 3.63) is 35.9 Å². The standard InChI is InChI=1S/C9H7Cl3GeO2/c10-13(11,12)8-4-1-7(2-5-8)3-6-9(14)15/h1-6H,(H,14,15). The Hall–Kier alpha value is -0.157. The number of hydrogen-bond acceptors (Lipinski definition) is 1. The first-order valence-electron chi connectivity index (χ1n) is 3.98. The predicted molar refractivity (Wildman–Crippen MR) is 66.1 cm³/mol. The predicted octanol–water partition coefficient (Wildman–Crippen LogP) is 2.65. The Morgan fingerprint density at radius 1 is 1.20 bits per heavy atom. The number of carboxylic acid groups (broad SMARTS) is 1. The summed E-state index contributed by atoms with van der Waals surface area (Å²) in [5.74, 6) is -0.988. The second-order valence-electron chi connectivity index (χ2n) is 2.79. The van der Waals surface area contributed by atoms with Gasteiger partial charge in [-0.3, -0.25) is 0 Å². The van der Waals surface area contributed by atoms with E-state index in [1.807, 2.05) is 0 Å². The summed E-state index contributed by atoms with van der Waals surface area (Å²) in [6.45, 7) is 0. The number of rotatable bonds is 3. The van der Waals surface area contributed by atoms with Gasteiger partial charge in [0.05, 0.1) is 0 Å². The molecule has 0 bridgehead atoms. The third kappa shape index (κ3) is 4.47.